The molecule has 0 aliphatic carbocycles. The number of aromatic nitrogens is 3. The fraction of sp³-hybridized carbons (Fsp3) is 0.280. The van der Waals surface area contributed by atoms with E-state index in [1.54, 1.807) is 56.8 Å². The lowest BCUT2D eigenvalue weighted by Crippen LogP contribution is -2.34. The van der Waals surface area contributed by atoms with E-state index in [-0.39, 0.29) is 38.1 Å². The minimum atomic E-state index is -1.02. The Hall–Kier alpha value is -4.54. The van der Waals surface area contributed by atoms with Crippen LogP contribution in [-0.2, 0) is 4.79 Å². The van der Waals surface area contributed by atoms with Crippen molar-refractivity contribution in [3.8, 4) is 5.75 Å². The second kappa shape index (κ2) is 12.8. The van der Waals surface area contributed by atoms with E-state index in [1.165, 1.54) is 0 Å². The smallest absolute Gasteiger partial charge is 0.303 e. The van der Waals surface area contributed by atoms with Crippen LogP contribution in [0.3, 0.4) is 0 Å². The quantitative estimate of drug-likeness (QED) is 0.293. The second-order valence-electron chi connectivity index (χ2n) is 7.55. The van der Waals surface area contributed by atoms with Gasteiger partial charge in [0.25, 0.3) is 11.5 Å². The number of rotatable bonds is 11. The highest BCUT2D eigenvalue weighted by molar-refractivity contribution is 5.95. The third-order valence-corrected chi connectivity index (χ3v) is 5.20. The Kier molecular flexibility index (Phi) is 9.84. The Bertz CT molecular complexity index is 1210. The number of pyridine rings is 1. The molecule has 2 aromatic heterocycles. The first kappa shape index (κ1) is 27.7. The van der Waals surface area contributed by atoms with Gasteiger partial charge in [-0.15, -0.1) is 0 Å². The van der Waals surface area contributed by atoms with Gasteiger partial charge in [-0.2, -0.15) is 0 Å². The number of aromatic amines is 1. The highest BCUT2D eigenvalue weighted by Gasteiger charge is 2.21. The zero-order valence-corrected chi connectivity index (χ0v) is 19.2. The summed E-state index contributed by atoms with van der Waals surface area (Å²) in [7, 11) is 3.29. The molecule has 11 heteroatoms. The van der Waals surface area contributed by atoms with E-state index in [4.69, 9.17) is 9.84 Å². The van der Waals surface area contributed by atoms with Gasteiger partial charge in [0.1, 0.15) is 17.1 Å². The van der Waals surface area contributed by atoms with Gasteiger partial charge in [-0.05, 0) is 35.7 Å². The van der Waals surface area contributed by atoms with Crippen molar-refractivity contribution in [2.75, 3.05) is 19.5 Å². The number of carbonyl (C=O) groups is 3. The molecule has 1 amide bonds. The number of anilines is 1. The maximum Gasteiger partial charge on any atom is 0.303 e. The van der Waals surface area contributed by atoms with Crippen LogP contribution in [0.5, 0.6) is 5.75 Å². The topological polar surface area (TPSA) is 163 Å². The molecule has 0 fully saturated rings. The third kappa shape index (κ3) is 6.98. The predicted molar refractivity (Wildman–Crippen MR) is 133 cm³/mol. The molecule has 11 nitrogen and oxygen atoms in total. The lowest BCUT2D eigenvalue weighted by molar-refractivity contribution is -0.137. The minimum absolute atomic E-state index is 0. The van der Waals surface area contributed by atoms with Gasteiger partial charge in [0.05, 0.1) is 13.2 Å². The molecule has 1 atom stereocenters. The SMILES string of the molecule is C.CNc1ccc(C(NC(=O)c2cnc(C(=O)CCCC(=O)O)[nH]c2=O)c2ccc(OC)cc2)cn1. The zero-order valence-electron chi connectivity index (χ0n) is 19.2. The normalized spacial score (nSPS) is 11.1. The van der Waals surface area contributed by atoms with Crippen LogP contribution in [-0.4, -0.2) is 51.9 Å². The zero-order chi connectivity index (χ0) is 25.4. The molecule has 3 aromatic rings. The first-order valence-corrected chi connectivity index (χ1v) is 10.7. The number of ether oxygens (including phenoxy) is 1. The van der Waals surface area contributed by atoms with Crippen LogP contribution in [0.25, 0.3) is 0 Å². The molecule has 0 radical (unpaired) electrons. The standard InChI is InChI=1S/C24H25N5O6.CH4/c1-25-19-11-8-15(12-26-19)21(14-6-9-16(35-2)10-7-14)28-23(33)17-13-27-22(29-24(17)34)18(30)4-3-5-20(31)32;/h6-13,21H,3-5H2,1-2H3,(H,25,26)(H,28,33)(H,31,32)(H,27,29,34);1H4. The van der Waals surface area contributed by atoms with Crippen molar-refractivity contribution in [3.63, 3.8) is 0 Å². The van der Waals surface area contributed by atoms with E-state index in [2.05, 4.69) is 25.6 Å². The summed E-state index contributed by atoms with van der Waals surface area (Å²) in [5.74, 6) is -1.15. The summed E-state index contributed by atoms with van der Waals surface area (Å²) in [6.45, 7) is 0. The summed E-state index contributed by atoms with van der Waals surface area (Å²) in [6, 6.07) is 10.0. The molecule has 1 unspecified atom stereocenters. The molecule has 0 aliphatic rings. The fourth-order valence-electron chi connectivity index (χ4n) is 3.31. The molecule has 0 aliphatic heterocycles. The number of nitrogens with one attached hydrogen (secondary N) is 3. The first-order chi connectivity index (χ1) is 16.8. The van der Waals surface area contributed by atoms with Gasteiger partial charge in [0.2, 0.25) is 0 Å². The van der Waals surface area contributed by atoms with Gasteiger partial charge in [-0.25, -0.2) is 9.97 Å². The van der Waals surface area contributed by atoms with Gasteiger partial charge in [0, 0.05) is 32.3 Å². The molecule has 3 rings (SSSR count). The van der Waals surface area contributed by atoms with E-state index in [0.29, 0.717) is 17.1 Å². The average Bonchev–Trinajstić information content (AvgIpc) is 2.87. The molecule has 190 valence electrons. The van der Waals surface area contributed by atoms with E-state index < -0.39 is 29.3 Å². The second-order valence-corrected chi connectivity index (χ2v) is 7.55. The largest absolute Gasteiger partial charge is 0.497 e. The molecule has 0 saturated heterocycles. The predicted octanol–water partition coefficient (Wildman–Crippen LogP) is 2.81. The van der Waals surface area contributed by atoms with Crippen LogP contribution in [0.2, 0.25) is 0 Å². The van der Waals surface area contributed by atoms with Gasteiger partial charge in [-0.1, -0.05) is 25.6 Å². The van der Waals surface area contributed by atoms with Gasteiger partial charge in [0.15, 0.2) is 11.6 Å². The van der Waals surface area contributed by atoms with Crippen molar-refractivity contribution in [2.24, 2.45) is 0 Å². The number of carboxylic acid groups (broad SMARTS) is 1. The molecular weight excluding hydrogens is 466 g/mol. The number of ketones is 1. The number of carboxylic acids is 1. The van der Waals surface area contributed by atoms with Gasteiger partial charge < -0.3 is 25.5 Å². The number of H-pyrrole nitrogens is 1. The molecule has 2 heterocycles. The molecule has 4 N–H and O–H groups in total. The highest BCUT2D eigenvalue weighted by Crippen LogP contribution is 2.25. The van der Waals surface area contributed by atoms with E-state index in [9.17, 15) is 19.2 Å². The Morgan fingerprint density at radius 2 is 1.72 bits per heavy atom. The van der Waals surface area contributed by atoms with Crippen molar-refractivity contribution in [1.82, 2.24) is 20.3 Å². The molecular formula is C25H29N5O6. The summed E-state index contributed by atoms with van der Waals surface area (Å²) < 4.78 is 5.20. The number of hydrogen-bond acceptors (Lipinski definition) is 8. The first-order valence-electron chi connectivity index (χ1n) is 10.7. The van der Waals surface area contributed by atoms with Crippen molar-refractivity contribution >= 4 is 23.5 Å². The molecule has 0 bridgehead atoms. The third-order valence-electron chi connectivity index (χ3n) is 5.20. The van der Waals surface area contributed by atoms with Crippen LogP contribution >= 0.6 is 0 Å². The maximum absolute atomic E-state index is 13.0. The molecule has 1 aromatic carbocycles. The average molecular weight is 496 g/mol. The van der Waals surface area contributed by atoms with Crippen molar-refractivity contribution in [3.05, 3.63) is 81.7 Å². The lowest BCUT2D eigenvalue weighted by Gasteiger charge is -2.20. The monoisotopic (exact) mass is 495 g/mol. The number of carbonyl (C=O) groups excluding carboxylic acids is 2. The molecule has 0 spiro atoms. The van der Waals surface area contributed by atoms with Crippen LogP contribution in [0.1, 0.15) is 64.8 Å². The number of Topliss-reactive ketones (excluding diaryl/α,β-unsaturated/α-hetero) is 1. The Morgan fingerprint density at radius 3 is 2.28 bits per heavy atom. The minimum Gasteiger partial charge on any atom is -0.497 e. The summed E-state index contributed by atoms with van der Waals surface area (Å²) in [5.41, 5.74) is 0.353. The summed E-state index contributed by atoms with van der Waals surface area (Å²) >= 11 is 0. The Morgan fingerprint density at radius 1 is 1.03 bits per heavy atom. The Labute approximate surface area is 208 Å². The lowest BCUT2D eigenvalue weighted by atomic mass is 9.99. The van der Waals surface area contributed by atoms with Crippen LogP contribution < -0.4 is 20.9 Å². The van der Waals surface area contributed by atoms with Crippen LogP contribution in [0.4, 0.5) is 5.82 Å². The number of methoxy groups -OCH3 is 1. The highest BCUT2D eigenvalue weighted by atomic mass is 16.5. The van der Waals surface area contributed by atoms with Crippen LogP contribution in [0, 0.1) is 0 Å². The van der Waals surface area contributed by atoms with Crippen LogP contribution in [0.15, 0.2) is 53.6 Å². The molecule has 0 saturated carbocycles. The van der Waals surface area contributed by atoms with Crippen molar-refractivity contribution in [1.29, 1.82) is 0 Å². The number of benzene rings is 1. The van der Waals surface area contributed by atoms with E-state index in [1.807, 2.05) is 0 Å². The molecule has 36 heavy (non-hydrogen) atoms. The number of nitrogens with zero attached hydrogens (tertiary/aromatic N) is 2. The van der Waals surface area contributed by atoms with Crippen molar-refractivity contribution < 1.29 is 24.2 Å². The summed E-state index contributed by atoms with van der Waals surface area (Å²) in [6.07, 6.45) is 2.50. The fourth-order valence-corrected chi connectivity index (χ4v) is 3.31. The van der Waals surface area contributed by atoms with E-state index in [0.717, 1.165) is 11.8 Å². The maximum atomic E-state index is 13.0. The Balaban J connectivity index is 0.00000456. The van der Waals surface area contributed by atoms with E-state index >= 15 is 0 Å². The number of amides is 1. The number of hydrogen-bond donors (Lipinski definition) is 4. The van der Waals surface area contributed by atoms with Gasteiger partial charge in [-0.3, -0.25) is 19.2 Å². The summed E-state index contributed by atoms with van der Waals surface area (Å²) in [5, 5.41) is 14.4. The number of aliphatic carboxylic acids is 1. The van der Waals surface area contributed by atoms with Gasteiger partial charge >= 0.3 is 5.97 Å². The van der Waals surface area contributed by atoms with Crippen molar-refractivity contribution in [2.45, 2.75) is 32.7 Å². The summed E-state index contributed by atoms with van der Waals surface area (Å²) in [4.78, 5) is 58.9.